The lowest BCUT2D eigenvalue weighted by molar-refractivity contribution is 0.482. The number of fused-ring (bicyclic) bond motifs is 3. The molecule has 0 bridgehead atoms. The first kappa shape index (κ1) is 9.21. The molecule has 0 aliphatic carbocycles. The molecular weight excluding hydrogens is 200 g/mol. The Morgan fingerprint density at radius 2 is 1.81 bits per heavy atom. The number of phenols is 1. The number of hydrogen-bond donors (Lipinski definition) is 1. The molecule has 0 saturated carbocycles. The molecule has 0 saturated heterocycles. The normalized spacial score (nSPS) is 11.4. The average Bonchev–Trinajstić information content (AvgIpc) is 2.55. The summed E-state index contributed by atoms with van der Waals surface area (Å²) >= 11 is 0. The molecule has 0 atom stereocenters. The van der Waals surface area contributed by atoms with Crippen molar-refractivity contribution in [2.24, 2.45) is 7.05 Å². The molecule has 0 radical (unpaired) electrons. The van der Waals surface area contributed by atoms with Gasteiger partial charge in [-0.25, -0.2) is 0 Å². The molecule has 3 rings (SSSR count). The fraction of sp³-hybridized carbons (Fsp3) is 0.154. The van der Waals surface area contributed by atoms with E-state index in [1.54, 1.807) is 6.07 Å². The minimum absolute atomic E-state index is 0.319. The lowest BCUT2D eigenvalue weighted by Gasteiger charge is -2.03. The Labute approximate surface area is 92.9 Å². The van der Waals surface area contributed by atoms with E-state index in [0.29, 0.717) is 5.75 Å². The van der Waals surface area contributed by atoms with Gasteiger partial charge in [0.2, 0.25) is 0 Å². The van der Waals surface area contributed by atoms with E-state index in [0.717, 1.165) is 27.4 Å². The van der Waals surface area contributed by atoms with Gasteiger partial charge >= 0.3 is 0 Å². The van der Waals surface area contributed by atoms with Gasteiger partial charge in [0.25, 0.3) is 0 Å². The monoisotopic (exact) mass is 212 g/mol. The third-order valence-electron chi connectivity index (χ3n) is 3.01. The quantitative estimate of drug-likeness (QED) is 0.622. The number of rotatable bonds is 0. The van der Waals surface area contributed by atoms with E-state index in [9.17, 15) is 5.11 Å². The smallest absolute Gasteiger partial charge is 0.124 e. The third-order valence-corrected chi connectivity index (χ3v) is 3.01. The van der Waals surface area contributed by atoms with Gasteiger partial charge < -0.3 is 5.11 Å². The largest absolute Gasteiger partial charge is 0.507 e. The highest BCUT2D eigenvalue weighted by Gasteiger charge is 2.11. The number of hydrogen-bond acceptors (Lipinski definition) is 2. The number of benzene rings is 2. The van der Waals surface area contributed by atoms with Crippen LogP contribution in [0.1, 0.15) is 5.69 Å². The zero-order chi connectivity index (χ0) is 11.3. The van der Waals surface area contributed by atoms with Crippen molar-refractivity contribution in [3.63, 3.8) is 0 Å². The van der Waals surface area contributed by atoms with Gasteiger partial charge in [-0.3, -0.25) is 4.68 Å². The van der Waals surface area contributed by atoms with Crippen LogP contribution in [0.5, 0.6) is 5.75 Å². The van der Waals surface area contributed by atoms with E-state index in [4.69, 9.17) is 0 Å². The van der Waals surface area contributed by atoms with Crippen LogP contribution in [0.4, 0.5) is 0 Å². The van der Waals surface area contributed by atoms with Crippen molar-refractivity contribution in [3.8, 4) is 5.75 Å². The number of nitrogens with zero attached hydrogens (tertiary/aromatic N) is 2. The van der Waals surface area contributed by atoms with E-state index in [2.05, 4.69) is 5.10 Å². The van der Waals surface area contributed by atoms with Gasteiger partial charge in [-0.1, -0.05) is 24.3 Å². The summed E-state index contributed by atoms with van der Waals surface area (Å²) in [5.41, 5.74) is 2.02. The summed E-state index contributed by atoms with van der Waals surface area (Å²) in [7, 11) is 1.93. The van der Waals surface area contributed by atoms with Crippen LogP contribution in [0.2, 0.25) is 0 Å². The second-order valence-corrected chi connectivity index (χ2v) is 4.05. The van der Waals surface area contributed by atoms with Crippen LogP contribution in [-0.2, 0) is 7.05 Å². The topological polar surface area (TPSA) is 38.0 Å². The summed E-state index contributed by atoms with van der Waals surface area (Å²) in [4.78, 5) is 0. The predicted octanol–water partition coefficient (Wildman–Crippen LogP) is 2.74. The Morgan fingerprint density at radius 3 is 2.56 bits per heavy atom. The van der Waals surface area contributed by atoms with E-state index in [-0.39, 0.29) is 0 Å². The van der Waals surface area contributed by atoms with Crippen molar-refractivity contribution in [2.45, 2.75) is 6.92 Å². The number of aromatic hydroxyl groups is 1. The molecule has 1 N–H and O–H groups in total. The molecule has 0 fully saturated rings. The lowest BCUT2D eigenvalue weighted by Crippen LogP contribution is -1.90. The van der Waals surface area contributed by atoms with Gasteiger partial charge in [-0.05, 0) is 13.0 Å². The summed E-state index contributed by atoms with van der Waals surface area (Å²) < 4.78 is 1.87. The van der Waals surface area contributed by atoms with Crippen molar-refractivity contribution in [3.05, 3.63) is 36.0 Å². The highest BCUT2D eigenvalue weighted by atomic mass is 16.3. The summed E-state index contributed by atoms with van der Waals surface area (Å²) in [6.45, 7) is 1.95. The molecule has 0 spiro atoms. The Hall–Kier alpha value is -2.03. The predicted molar refractivity (Wildman–Crippen MR) is 64.6 cm³/mol. The molecule has 16 heavy (non-hydrogen) atoms. The highest BCUT2D eigenvalue weighted by Crippen LogP contribution is 2.33. The van der Waals surface area contributed by atoms with Gasteiger partial charge in [0.15, 0.2) is 0 Å². The first-order valence-electron chi connectivity index (χ1n) is 5.22. The third kappa shape index (κ3) is 1.05. The van der Waals surface area contributed by atoms with E-state index in [1.165, 1.54) is 0 Å². The number of aryl methyl sites for hydroxylation is 2. The second kappa shape index (κ2) is 2.98. The summed E-state index contributed by atoms with van der Waals surface area (Å²) in [6.07, 6.45) is 0. The SMILES string of the molecule is Cc1nn(C)c2c1cc(O)c1ccccc12. The molecule has 0 unspecified atom stereocenters. The molecule has 80 valence electrons. The van der Waals surface area contributed by atoms with Gasteiger partial charge in [0.05, 0.1) is 11.2 Å². The van der Waals surface area contributed by atoms with Crippen LogP contribution in [0.3, 0.4) is 0 Å². The average molecular weight is 212 g/mol. The van der Waals surface area contributed by atoms with E-state index >= 15 is 0 Å². The molecule has 3 heteroatoms. The van der Waals surface area contributed by atoms with Crippen molar-refractivity contribution >= 4 is 21.7 Å². The zero-order valence-electron chi connectivity index (χ0n) is 9.23. The van der Waals surface area contributed by atoms with Gasteiger partial charge in [0, 0.05) is 23.2 Å². The first-order chi connectivity index (χ1) is 7.68. The molecule has 1 aromatic heterocycles. The maximum Gasteiger partial charge on any atom is 0.124 e. The van der Waals surface area contributed by atoms with E-state index < -0.39 is 0 Å². The summed E-state index contributed by atoms with van der Waals surface area (Å²) in [5, 5.41) is 17.3. The second-order valence-electron chi connectivity index (χ2n) is 4.05. The van der Waals surface area contributed by atoms with Crippen molar-refractivity contribution < 1.29 is 5.11 Å². The van der Waals surface area contributed by atoms with E-state index in [1.807, 2.05) is 42.9 Å². The van der Waals surface area contributed by atoms with Crippen LogP contribution in [0, 0.1) is 6.92 Å². The molecule has 2 aromatic carbocycles. The van der Waals surface area contributed by atoms with Crippen molar-refractivity contribution in [1.82, 2.24) is 9.78 Å². The molecule has 0 amide bonds. The molecule has 3 aromatic rings. The first-order valence-corrected chi connectivity index (χ1v) is 5.22. The van der Waals surface area contributed by atoms with Crippen molar-refractivity contribution in [2.75, 3.05) is 0 Å². The Balaban J connectivity index is 2.67. The maximum absolute atomic E-state index is 9.97. The standard InChI is InChI=1S/C13H12N2O/c1-8-11-7-12(16)9-5-3-4-6-10(9)13(11)15(2)14-8/h3-7,16H,1-2H3. The zero-order valence-corrected chi connectivity index (χ0v) is 9.23. The van der Waals surface area contributed by atoms with Crippen LogP contribution < -0.4 is 0 Å². The van der Waals surface area contributed by atoms with Crippen LogP contribution in [-0.4, -0.2) is 14.9 Å². The molecule has 3 nitrogen and oxygen atoms in total. The molecule has 1 heterocycles. The Morgan fingerprint density at radius 1 is 1.12 bits per heavy atom. The van der Waals surface area contributed by atoms with Gasteiger partial charge in [-0.2, -0.15) is 5.10 Å². The number of phenolic OH excluding ortho intramolecular Hbond substituents is 1. The maximum atomic E-state index is 9.97. The minimum Gasteiger partial charge on any atom is -0.507 e. The number of aromatic nitrogens is 2. The highest BCUT2D eigenvalue weighted by molar-refractivity contribution is 6.09. The fourth-order valence-corrected chi connectivity index (χ4v) is 2.29. The molecule has 0 aliphatic heterocycles. The van der Waals surface area contributed by atoms with Crippen molar-refractivity contribution in [1.29, 1.82) is 0 Å². The van der Waals surface area contributed by atoms with Crippen LogP contribution >= 0.6 is 0 Å². The van der Waals surface area contributed by atoms with Crippen LogP contribution in [0.15, 0.2) is 30.3 Å². The molecular formula is C13H12N2O. The molecule has 0 aliphatic rings. The lowest BCUT2D eigenvalue weighted by atomic mass is 10.1. The fourth-order valence-electron chi connectivity index (χ4n) is 2.29. The summed E-state index contributed by atoms with van der Waals surface area (Å²) in [6, 6.07) is 9.63. The Bertz CT molecular complexity index is 698. The van der Waals surface area contributed by atoms with Gasteiger partial charge in [-0.15, -0.1) is 0 Å². The summed E-state index contributed by atoms with van der Waals surface area (Å²) in [5.74, 6) is 0.319. The van der Waals surface area contributed by atoms with Crippen LogP contribution in [0.25, 0.3) is 21.7 Å². The Kier molecular flexibility index (Phi) is 1.72. The van der Waals surface area contributed by atoms with Gasteiger partial charge in [0.1, 0.15) is 5.75 Å². The minimum atomic E-state index is 0.319.